The van der Waals surface area contributed by atoms with Gasteiger partial charge >= 0.3 is 7.12 Å². The number of rotatable bonds is 4. The van der Waals surface area contributed by atoms with E-state index in [-0.39, 0.29) is 17.0 Å². The fraction of sp³-hybridized carbons (Fsp3) is 0.529. The van der Waals surface area contributed by atoms with E-state index in [2.05, 4.69) is 5.32 Å². The Morgan fingerprint density at radius 1 is 1.23 bits per heavy atom. The summed E-state index contributed by atoms with van der Waals surface area (Å²) in [6.07, 6.45) is 2.01. The Morgan fingerprint density at radius 3 is 2.32 bits per heavy atom. The van der Waals surface area contributed by atoms with Crippen LogP contribution in [0.4, 0.5) is 4.39 Å². The fourth-order valence-electron chi connectivity index (χ4n) is 2.37. The molecule has 1 heterocycles. The number of halogens is 1. The summed E-state index contributed by atoms with van der Waals surface area (Å²) < 4.78 is 25.6. The molecule has 0 radical (unpaired) electrons. The highest BCUT2D eigenvalue weighted by Crippen LogP contribution is 2.38. The minimum Gasteiger partial charge on any atom is -0.400 e. The lowest BCUT2D eigenvalue weighted by molar-refractivity contribution is 0.00578. The summed E-state index contributed by atoms with van der Waals surface area (Å²) in [5, 5.41) is 3.14. The van der Waals surface area contributed by atoms with Crippen LogP contribution in [0.3, 0.4) is 0 Å². The highest BCUT2D eigenvalue weighted by atomic mass is 19.1. The van der Waals surface area contributed by atoms with Crippen LogP contribution in [0.5, 0.6) is 0 Å². The Bertz CT molecular complexity index is 568. The molecule has 0 unspecified atom stereocenters. The molecule has 0 saturated carbocycles. The van der Waals surface area contributed by atoms with Crippen LogP contribution in [0.15, 0.2) is 23.7 Å². The van der Waals surface area contributed by atoms with E-state index in [0.717, 1.165) is 11.0 Å². The number of hydrogen-bond acceptors (Lipinski definition) is 3. The van der Waals surface area contributed by atoms with E-state index in [0.29, 0.717) is 12.1 Å². The van der Waals surface area contributed by atoms with E-state index < -0.39 is 7.12 Å². The molecular formula is C17H25BFNO2. The van der Waals surface area contributed by atoms with Gasteiger partial charge in [0.1, 0.15) is 5.82 Å². The Labute approximate surface area is 133 Å². The Balaban J connectivity index is 2.31. The van der Waals surface area contributed by atoms with Gasteiger partial charge in [-0.3, -0.25) is 0 Å². The summed E-state index contributed by atoms with van der Waals surface area (Å²) in [6.45, 7) is 10.5. The number of benzene rings is 1. The predicted octanol–water partition coefficient (Wildman–Crippen LogP) is 3.37. The van der Waals surface area contributed by atoms with E-state index in [1.54, 1.807) is 13.0 Å². The second-order valence-corrected chi connectivity index (χ2v) is 6.85. The molecule has 0 atom stereocenters. The van der Waals surface area contributed by atoms with Crippen molar-refractivity contribution >= 4 is 13.2 Å². The molecule has 1 aliphatic heterocycles. The van der Waals surface area contributed by atoms with E-state index in [9.17, 15) is 4.39 Å². The first-order chi connectivity index (χ1) is 10.2. The molecule has 0 bridgehead atoms. The van der Waals surface area contributed by atoms with Crippen molar-refractivity contribution in [3.05, 3.63) is 40.6 Å². The summed E-state index contributed by atoms with van der Waals surface area (Å²) >= 11 is 0. The van der Waals surface area contributed by atoms with Crippen LogP contribution in [0.25, 0.3) is 6.08 Å². The lowest BCUT2D eigenvalue weighted by Crippen LogP contribution is -2.41. The molecule has 3 nitrogen and oxygen atoms in total. The van der Waals surface area contributed by atoms with Crippen molar-refractivity contribution in [2.24, 2.45) is 0 Å². The van der Waals surface area contributed by atoms with Gasteiger partial charge in [-0.05, 0) is 70.4 Å². The molecular weight excluding hydrogens is 280 g/mol. The van der Waals surface area contributed by atoms with E-state index in [1.807, 2.05) is 46.9 Å². The Morgan fingerprint density at radius 2 is 1.82 bits per heavy atom. The first kappa shape index (κ1) is 17.2. The average molecular weight is 305 g/mol. The van der Waals surface area contributed by atoms with E-state index in [4.69, 9.17) is 9.31 Å². The largest absolute Gasteiger partial charge is 0.491 e. The molecule has 1 fully saturated rings. The first-order valence-electron chi connectivity index (χ1n) is 7.63. The predicted molar refractivity (Wildman–Crippen MR) is 89.1 cm³/mol. The van der Waals surface area contributed by atoms with Crippen molar-refractivity contribution < 1.29 is 13.7 Å². The van der Waals surface area contributed by atoms with Crippen LogP contribution in [-0.4, -0.2) is 31.9 Å². The summed E-state index contributed by atoms with van der Waals surface area (Å²) in [4.78, 5) is 0. The molecule has 1 saturated heterocycles. The second-order valence-electron chi connectivity index (χ2n) is 6.85. The summed E-state index contributed by atoms with van der Waals surface area (Å²) in [5.41, 5.74) is 1.82. The summed E-state index contributed by atoms with van der Waals surface area (Å²) in [5.74, 6) is -0.192. The molecule has 1 N–H and O–H groups in total. The first-order valence-corrected chi connectivity index (χ1v) is 7.63. The van der Waals surface area contributed by atoms with Gasteiger partial charge in [0.2, 0.25) is 0 Å². The monoisotopic (exact) mass is 305 g/mol. The third kappa shape index (κ3) is 3.42. The molecule has 0 amide bonds. The van der Waals surface area contributed by atoms with Crippen molar-refractivity contribution in [3.8, 4) is 0 Å². The van der Waals surface area contributed by atoms with Gasteiger partial charge in [0.05, 0.1) is 11.2 Å². The number of aryl methyl sites for hydroxylation is 1. The standard InChI is InChI=1S/C17H25BFNO2/c1-12-9-13(7-8-15(12)19)10-14(11-20-6)18-21-16(2,3)17(4,5)22-18/h7-10,20H,11H2,1-6H3. The SMILES string of the molecule is CNCC(=Cc1ccc(F)c(C)c1)B1OC(C)(C)C(C)(C)O1. The topological polar surface area (TPSA) is 30.5 Å². The second kappa shape index (κ2) is 6.15. The maximum absolute atomic E-state index is 13.4. The molecule has 22 heavy (non-hydrogen) atoms. The van der Waals surface area contributed by atoms with Crippen molar-refractivity contribution in [2.45, 2.75) is 45.8 Å². The Hall–Kier alpha value is -1.17. The number of nitrogens with one attached hydrogen (secondary N) is 1. The van der Waals surface area contributed by atoms with Gasteiger partial charge in [0.25, 0.3) is 0 Å². The lowest BCUT2D eigenvalue weighted by atomic mass is 9.77. The van der Waals surface area contributed by atoms with Gasteiger partial charge in [0.15, 0.2) is 0 Å². The number of hydrogen-bond donors (Lipinski definition) is 1. The third-order valence-electron chi connectivity index (χ3n) is 4.47. The summed E-state index contributed by atoms with van der Waals surface area (Å²) in [6, 6.07) is 5.09. The minimum atomic E-state index is -0.400. The molecule has 2 rings (SSSR count). The Kier molecular flexibility index (Phi) is 4.80. The van der Waals surface area contributed by atoms with Crippen molar-refractivity contribution in [1.82, 2.24) is 5.32 Å². The molecule has 1 aromatic carbocycles. The normalized spacial score (nSPS) is 20.5. The molecule has 120 valence electrons. The van der Waals surface area contributed by atoms with Crippen LogP contribution < -0.4 is 5.32 Å². The average Bonchev–Trinajstić information content (AvgIpc) is 2.62. The van der Waals surface area contributed by atoms with Gasteiger partial charge in [-0.1, -0.05) is 12.1 Å². The van der Waals surface area contributed by atoms with Gasteiger partial charge in [-0.2, -0.15) is 0 Å². The third-order valence-corrected chi connectivity index (χ3v) is 4.47. The van der Waals surface area contributed by atoms with E-state index >= 15 is 0 Å². The smallest absolute Gasteiger partial charge is 0.400 e. The minimum absolute atomic E-state index is 0.192. The maximum atomic E-state index is 13.4. The zero-order valence-electron chi connectivity index (χ0n) is 14.3. The quantitative estimate of drug-likeness (QED) is 0.865. The molecule has 1 aliphatic rings. The van der Waals surface area contributed by atoms with Gasteiger partial charge in [-0.25, -0.2) is 4.39 Å². The molecule has 0 aromatic heterocycles. The van der Waals surface area contributed by atoms with Crippen molar-refractivity contribution in [2.75, 3.05) is 13.6 Å². The highest BCUT2D eigenvalue weighted by Gasteiger charge is 2.52. The molecule has 1 aromatic rings. The van der Waals surface area contributed by atoms with Crippen molar-refractivity contribution in [1.29, 1.82) is 0 Å². The fourth-order valence-corrected chi connectivity index (χ4v) is 2.37. The van der Waals surface area contributed by atoms with Gasteiger partial charge in [-0.15, -0.1) is 0 Å². The number of likely N-dealkylation sites (N-methyl/N-ethyl adjacent to an activating group) is 1. The van der Waals surface area contributed by atoms with E-state index in [1.165, 1.54) is 6.07 Å². The van der Waals surface area contributed by atoms with Gasteiger partial charge in [0, 0.05) is 6.54 Å². The van der Waals surface area contributed by atoms with Crippen LogP contribution >= 0.6 is 0 Å². The van der Waals surface area contributed by atoms with Crippen LogP contribution in [-0.2, 0) is 9.31 Å². The van der Waals surface area contributed by atoms with Crippen LogP contribution in [0.1, 0.15) is 38.8 Å². The van der Waals surface area contributed by atoms with Crippen LogP contribution in [0, 0.1) is 12.7 Å². The van der Waals surface area contributed by atoms with Gasteiger partial charge < -0.3 is 14.6 Å². The summed E-state index contributed by atoms with van der Waals surface area (Å²) in [7, 11) is 1.48. The van der Waals surface area contributed by atoms with Crippen molar-refractivity contribution in [3.63, 3.8) is 0 Å². The zero-order chi connectivity index (χ0) is 16.5. The van der Waals surface area contributed by atoms with Crippen LogP contribution in [0.2, 0.25) is 0 Å². The molecule has 0 aliphatic carbocycles. The maximum Gasteiger partial charge on any atom is 0.491 e. The zero-order valence-corrected chi connectivity index (χ0v) is 14.3. The highest BCUT2D eigenvalue weighted by molar-refractivity contribution is 6.55. The molecule has 0 spiro atoms. The molecule has 5 heteroatoms. The lowest BCUT2D eigenvalue weighted by Gasteiger charge is -2.32.